The average Bonchev–Trinajstić information content (AvgIpc) is 2.56. The van der Waals surface area contributed by atoms with Crippen LogP contribution in [0.2, 0.25) is 0 Å². The molecule has 0 amide bonds. The van der Waals surface area contributed by atoms with Crippen LogP contribution in [0, 0.1) is 0 Å². The minimum absolute atomic E-state index is 0.202. The Morgan fingerprint density at radius 3 is 2.12 bits per heavy atom. The second-order valence-electron chi connectivity index (χ2n) is 4.94. The fraction of sp³-hybridized carbons (Fsp3) is 0.333. The zero-order chi connectivity index (χ0) is 19.2. The Balaban J connectivity index is 2.13. The van der Waals surface area contributed by atoms with Crippen LogP contribution < -0.4 is 9.47 Å². The molecule has 1 heterocycles. The molecular weight excluding hydrogens is 386 g/mol. The maximum atomic E-state index is 12.4. The molecule has 0 fully saturated rings. The van der Waals surface area contributed by atoms with Gasteiger partial charge in [0.05, 0.1) is 0 Å². The zero-order valence-electron chi connectivity index (χ0n) is 13.0. The Labute approximate surface area is 148 Å². The number of hydrogen-bond acceptors (Lipinski definition) is 5. The van der Waals surface area contributed by atoms with Crippen LogP contribution in [0.3, 0.4) is 0 Å². The van der Waals surface area contributed by atoms with Crippen LogP contribution in [0.25, 0.3) is 0 Å². The second-order valence-corrected chi connectivity index (χ2v) is 5.99. The van der Waals surface area contributed by atoms with E-state index in [1.807, 2.05) is 0 Å². The summed E-state index contributed by atoms with van der Waals surface area (Å²) >= 11 is 1.24. The molecular formula is C15H12F6N2O2S. The van der Waals surface area contributed by atoms with Gasteiger partial charge in [-0.1, -0.05) is 6.07 Å². The van der Waals surface area contributed by atoms with Crippen molar-refractivity contribution in [2.75, 3.05) is 13.2 Å². The molecule has 2 rings (SSSR count). The lowest BCUT2D eigenvalue weighted by Gasteiger charge is -2.15. The van der Waals surface area contributed by atoms with E-state index in [9.17, 15) is 26.3 Å². The predicted molar refractivity (Wildman–Crippen MR) is 81.1 cm³/mol. The predicted octanol–water partition coefficient (Wildman–Crippen LogP) is 4.65. The molecule has 0 aliphatic heterocycles. The van der Waals surface area contributed by atoms with Crippen LogP contribution >= 0.6 is 11.8 Å². The number of alkyl halides is 6. The van der Waals surface area contributed by atoms with Crippen LogP contribution in [0.5, 0.6) is 11.5 Å². The molecule has 142 valence electrons. The quantitative estimate of drug-likeness (QED) is 0.502. The number of nitrogens with zero attached hydrogens (tertiary/aromatic N) is 2. The summed E-state index contributed by atoms with van der Waals surface area (Å²) in [6, 6.07) is 3.60. The summed E-state index contributed by atoms with van der Waals surface area (Å²) in [6.45, 7) is -3.12. The molecule has 26 heavy (non-hydrogen) atoms. The first-order valence-corrected chi connectivity index (χ1v) is 8.01. The van der Waals surface area contributed by atoms with Crippen molar-refractivity contribution in [1.29, 1.82) is 0 Å². The minimum Gasteiger partial charge on any atom is -0.484 e. The molecule has 0 N–H and O–H groups in total. The third-order valence-corrected chi connectivity index (χ3v) is 3.76. The third kappa shape index (κ3) is 7.38. The monoisotopic (exact) mass is 398 g/mol. The van der Waals surface area contributed by atoms with E-state index in [0.717, 1.165) is 6.07 Å². The van der Waals surface area contributed by atoms with Gasteiger partial charge >= 0.3 is 12.4 Å². The number of halogens is 6. The molecule has 0 aliphatic rings. The summed E-state index contributed by atoms with van der Waals surface area (Å²) in [7, 11) is 0. The summed E-state index contributed by atoms with van der Waals surface area (Å²) in [4.78, 5) is 8.29. The second kappa shape index (κ2) is 8.47. The average molecular weight is 398 g/mol. The number of aromatic nitrogens is 2. The fourth-order valence-corrected chi connectivity index (χ4v) is 2.56. The molecule has 1 aromatic heterocycles. The maximum Gasteiger partial charge on any atom is 0.422 e. The van der Waals surface area contributed by atoms with E-state index in [0.29, 0.717) is 10.5 Å². The Kier molecular flexibility index (Phi) is 6.57. The Morgan fingerprint density at radius 1 is 0.885 bits per heavy atom. The smallest absolute Gasteiger partial charge is 0.422 e. The molecule has 11 heteroatoms. The van der Waals surface area contributed by atoms with Crippen molar-refractivity contribution in [2.45, 2.75) is 23.0 Å². The van der Waals surface area contributed by atoms with Crippen molar-refractivity contribution in [3.05, 3.63) is 42.5 Å². The highest BCUT2D eigenvalue weighted by molar-refractivity contribution is 7.98. The Hall–Kier alpha value is -2.17. The zero-order valence-corrected chi connectivity index (χ0v) is 13.8. The van der Waals surface area contributed by atoms with E-state index in [-0.39, 0.29) is 17.3 Å². The van der Waals surface area contributed by atoms with Gasteiger partial charge < -0.3 is 9.47 Å². The lowest BCUT2D eigenvalue weighted by atomic mass is 10.2. The molecule has 0 atom stereocenters. The van der Waals surface area contributed by atoms with Gasteiger partial charge in [-0.2, -0.15) is 26.3 Å². The largest absolute Gasteiger partial charge is 0.484 e. The normalized spacial score (nSPS) is 12.1. The van der Waals surface area contributed by atoms with Gasteiger partial charge in [-0.15, -0.1) is 11.8 Å². The molecule has 4 nitrogen and oxygen atoms in total. The van der Waals surface area contributed by atoms with E-state index >= 15 is 0 Å². The summed E-state index contributed by atoms with van der Waals surface area (Å²) in [5.41, 5.74) is 0.363. The fourth-order valence-electron chi connectivity index (χ4n) is 1.72. The SMILES string of the molecule is FC(F)(F)COc1ccc(CSc2cncnc2)c(OCC(F)(F)F)c1. The van der Waals surface area contributed by atoms with Crippen LogP contribution in [0.4, 0.5) is 26.3 Å². The molecule has 0 spiro atoms. The first kappa shape index (κ1) is 20.1. The van der Waals surface area contributed by atoms with Gasteiger partial charge in [0.1, 0.15) is 17.8 Å². The van der Waals surface area contributed by atoms with E-state index in [4.69, 9.17) is 4.74 Å². The van der Waals surface area contributed by atoms with E-state index in [1.54, 1.807) is 0 Å². The standard InChI is InChI=1S/C15H12F6N2O2S/c16-14(17,18)7-24-11-2-1-10(6-26-12-4-22-9-23-5-12)13(3-11)25-8-15(19,20)21/h1-5,9H,6-8H2. The van der Waals surface area contributed by atoms with E-state index in [2.05, 4.69) is 14.7 Å². The lowest BCUT2D eigenvalue weighted by Crippen LogP contribution is -2.20. The van der Waals surface area contributed by atoms with Crippen molar-refractivity contribution in [2.24, 2.45) is 0 Å². The number of thioether (sulfide) groups is 1. The van der Waals surface area contributed by atoms with Gasteiger partial charge in [0, 0.05) is 34.7 Å². The van der Waals surface area contributed by atoms with Crippen LogP contribution in [0.15, 0.2) is 41.8 Å². The van der Waals surface area contributed by atoms with Gasteiger partial charge in [-0.05, 0) is 6.07 Å². The van der Waals surface area contributed by atoms with Crippen molar-refractivity contribution >= 4 is 11.8 Å². The van der Waals surface area contributed by atoms with Crippen molar-refractivity contribution in [3.8, 4) is 11.5 Å². The number of ether oxygens (including phenoxy) is 2. The summed E-state index contributed by atoms with van der Waals surface area (Å²) in [6.07, 6.45) is -4.77. The first-order chi connectivity index (χ1) is 12.1. The summed E-state index contributed by atoms with van der Waals surface area (Å²) in [5, 5.41) is 0. The van der Waals surface area contributed by atoms with Gasteiger partial charge in [-0.3, -0.25) is 0 Å². The Morgan fingerprint density at radius 2 is 1.50 bits per heavy atom. The highest BCUT2D eigenvalue weighted by atomic mass is 32.2. The van der Waals surface area contributed by atoms with Gasteiger partial charge in [0.2, 0.25) is 0 Å². The third-order valence-electron chi connectivity index (χ3n) is 2.76. The molecule has 2 aromatic rings. The molecule has 0 saturated carbocycles. The van der Waals surface area contributed by atoms with E-state index in [1.165, 1.54) is 42.6 Å². The summed E-state index contributed by atoms with van der Waals surface area (Å²) < 4.78 is 83.1. The van der Waals surface area contributed by atoms with Gasteiger partial charge in [0.25, 0.3) is 0 Å². The Bertz CT molecular complexity index is 710. The number of benzene rings is 1. The highest BCUT2D eigenvalue weighted by Crippen LogP contribution is 2.32. The van der Waals surface area contributed by atoms with Crippen molar-refractivity contribution in [1.82, 2.24) is 9.97 Å². The van der Waals surface area contributed by atoms with Crippen molar-refractivity contribution < 1.29 is 35.8 Å². The molecule has 0 unspecified atom stereocenters. The summed E-state index contributed by atoms with van der Waals surface area (Å²) in [5.74, 6) is -0.234. The number of hydrogen-bond donors (Lipinski definition) is 0. The number of rotatable bonds is 7. The molecule has 0 bridgehead atoms. The van der Waals surface area contributed by atoms with Gasteiger partial charge in [0.15, 0.2) is 13.2 Å². The van der Waals surface area contributed by atoms with Gasteiger partial charge in [-0.25, -0.2) is 9.97 Å². The molecule has 0 aliphatic carbocycles. The van der Waals surface area contributed by atoms with Crippen LogP contribution in [-0.2, 0) is 5.75 Å². The molecule has 0 saturated heterocycles. The highest BCUT2D eigenvalue weighted by Gasteiger charge is 2.30. The van der Waals surface area contributed by atoms with Crippen LogP contribution in [-0.4, -0.2) is 35.5 Å². The lowest BCUT2D eigenvalue weighted by molar-refractivity contribution is -0.153. The molecule has 0 radical (unpaired) electrons. The maximum absolute atomic E-state index is 12.4. The topological polar surface area (TPSA) is 44.2 Å². The van der Waals surface area contributed by atoms with Crippen LogP contribution in [0.1, 0.15) is 5.56 Å². The minimum atomic E-state index is -4.58. The first-order valence-electron chi connectivity index (χ1n) is 7.02. The molecule has 1 aromatic carbocycles. The van der Waals surface area contributed by atoms with E-state index < -0.39 is 25.6 Å². The van der Waals surface area contributed by atoms with Crippen molar-refractivity contribution in [3.63, 3.8) is 0 Å².